The van der Waals surface area contributed by atoms with Crippen molar-refractivity contribution < 1.29 is 19.3 Å². The summed E-state index contributed by atoms with van der Waals surface area (Å²) in [6.07, 6.45) is 3.55. The molecule has 0 aliphatic carbocycles. The summed E-state index contributed by atoms with van der Waals surface area (Å²) < 4.78 is 0. The Bertz CT molecular complexity index is 1560. The maximum atomic E-state index is 13.8. The molecule has 3 amide bonds. The van der Waals surface area contributed by atoms with Crippen LogP contribution in [-0.2, 0) is 14.4 Å². The van der Waals surface area contributed by atoms with Crippen LogP contribution < -0.4 is 10.2 Å². The van der Waals surface area contributed by atoms with Crippen molar-refractivity contribution in [1.82, 2.24) is 4.90 Å². The van der Waals surface area contributed by atoms with Gasteiger partial charge in [-0.1, -0.05) is 47.5 Å². The fraction of sp³-hybridized carbons (Fsp3) is 0.148. The molecule has 9 nitrogen and oxygen atoms in total. The summed E-state index contributed by atoms with van der Waals surface area (Å²) in [4.78, 5) is 55.0. The third-order valence-electron chi connectivity index (χ3n) is 7.23. The van der Waals surface area contributed by atoms with Crippen molar-refractivity contribution in [3.63, 3.8) is 0 Å². The zero-order valence-corrected chi connectivity index (χ0v) is 21.0. The average molecular weight is 549 g/mol. The lowest BCUT2D eigenvalue weighted by molar-refractivity contribution is -0.384. The highest BCUT2D eigenvalue weighted by Crippen LogP contribution is 2.53. The zero-order chi connectivity index (χ0) is 26.7. The second-order valence-corrected chi connectivity index (χ2v) is 10.1. The number of nitrogens with zero attached hydrogens (tertiary/aromatic N) is 3. The van der Waals surface area contributed by atoms with Crippen molar-refractivity contribution in [3.05, 3.63) is 104 Å². The molecule has 0 saturated carbocycles. The number of anilines is 2. The number of benzene rings is 3. The van der Waals surface area contributed by atoms with Gasteiger partial charge in [0.1, 0.15) is 6.04 Å². The Labute approximate surface area is 226 Å². The fourth-order valence-corrected chi connectivity index (χ4v) is 5.92. The SMILES string of the molecule is O=C(Nc1cc([N+](=O)[O-])ccc1Cl)[C@@H]1[C@@H]2C(=O)N(c3ccc(Cl)cc3)C(=O)[C@@H]2[C@H]2c3ccccc3C=CN12. The Hall–Kier alpha value is -4.21. The molecule has 190 valence electrons. The molecule has 6 rings (SSSR count). The second-order valence-electron chi connectivity index (χ2n) is 9.23. The van der Waals surface area contributed by atoms with Crippen LogP contribution in [0, 0.1) is 22.0 Å². The van der Waals surface area contributed by atoms with E-state index in [4.69, 9.17) is 23.2 Å². The zero-order valence-electron chi connectivity index (χ0n) is 19.5. The fourth-order valence-electron chi connectivity index (χ4n) is 5.63. The van der Waals surface area contributed by atoms with Gasteiger partial charge in [-0.3, -0.25) is 24.5 Å². The second kappa shape index (κ2) is 8.97. The highest BCUT2D eigenvalue weighted by Gasteiger charge is 2.64. The maximum Gasteiger partial charge on any atom is 0.271 e. The van der Waals surface area contributed by atoms with Crippen molar-refractivity contribution in [2.45, 2.75) is 12.1 Å². The minimum Gasteiger partial charge on any atom is -0.357 e. The number of rotatable bonds is 4. The quantitative estimate of drug-likeness (QED) is 0.277. The number of non-ortho nitro benzene ring substituents is 1. The van der Waals surface area contributed by atoms with Gasteiger partial charge in [0.15, 0.2) is 0 Å². The van der Waals surface area contributed by atoms with Gasteiger partial charge in [0, 0.05) is 23.4 Å². The summed E-state index contributed by atoms with van der Waals surface area (Å²) in [7, 11) is 0. The standard InChI is InChI=1S/C27H18Cl2N4O5/c28-15-5-7-16(8-6-15)32-26(35)21-22(27(32)36)24(31-12-11-14-3-1-2-4-18(14)23(21)31)25(34)30-20-13-17(33(37)38)9-10-19(20)29/h1-13,21-24H,(H,30,34)/t21-,22+,23+,24-/m0/s1. The Balaban J connectivity index is 1.43. The molecule has 3 aliphatic rings. The molecule has 3 aliphatic heterocycles. The van der Waals surface area contributed by atoms with Gasteiger partial charge in [-0.15, -0.1) is 0 Å². The lowest BCUT2D eigenvalue weighted by Gasteiger charge is -2.35. The molecular weight excluding hydrogens is 531 g/mol. The van der Waals surface area contributed by atoms with Crippen molar-refractivity contribution in [3.8, 4) is 0 Å². The molecule has 3 heterocycles. The van der Waals surface area contributed by atoms with Gasteiger partial charge in [-0.2, -0.15) is 0 Å². The van der Waals surface area contributed by atoms with E-state index in [0.29, 0.717) is 10.7 Å². The number of nitro groups is 1. The summed E-state index contributed by atoms with van der Waals surface area (Å²) in [6.45, 7) is 0. The normalized spacial score (nSPS) is 23.2. The summed E-state index contributed by atoms with van der Waals surface area (Å²) in [5.74, 6) is -3.36. The number of carbonyl (C=O) groups is 3. The molecule has 2 saturated heterocycles. The number of carbonyl (C=O) groups excluding carboxylic acids is 3. The van der Waals surface area contributed by atoms with Crippen LogP contribution in [0.4, 0.5) is 17.1 Å². The first-order valence-electron chi connectivity index (χ1n) is 11.7. The van der Waals surface area contributed by atoms with Gasteiger partial charge in [-0.25, -0.2) is 4.90 Å². The van der Waals surface area contributed by atoms with Crippen molar-refractivity contribution in [1.29, 1.82) is 0 Å². The van der Waals surface area contributed by atoms with Gasteiger partial charge in [-0.05, 0) is 47.5 Å². The predicted molar refractivity (Wildman–Crippen MR) is 142 cm³/mol. The van der Waals surface area contributed by atoms with Crippen LogP contribution in [0.2, 0.25) is 10.0 Å². The molecule has 1 N–H and O–H groups in total. The minimum absolute atomic E-state index is 0.0404. The summed E-state index contributed by atoms with van der Waals surface area (Å²) >= 11 is 12.2. The molecule has 0 unspecified atom stereocenters. The van der Waals surface area contributed by atoms with E-state index in [-0.39, 0.29) is 16.4 Å². The highest BCUT2D eigenvalue weighted by atomic mass is 35.5. The third-order valence-corrected chi connectivity index (χ3v) is 7.82. The lowest BCUT2D eigenvalue weighted by Crippen LogP contribution is -2.46. The molecule has 38 heavy (non-hydrogen) atoms. The van der Waals surface area contributed by atoms with Gasteiger partial charge in [0.2, 0.25) is 17.7 Å². The van der Waals surface area contributed by atoms with Crippen LogP contribution in [-0.4, -0.2) is 33.6 Å². The Morgan fingerprint density at radius 2 is 1.66 bits per heavy atom. The molecule has 2 fully saturated rings. The van der Waals surface area contributed by atoms with Gasteiger partial charge < -0.3 is 10.2 Å². The molecule has 3 aromatic rings. The summed E-state index contributed by atoms with van der Waals surface area (Å²) in [5, 5.41) is 14.5. The predicted octanol–water partition coefficient (Wildman–Crippen LogP) is 5.06. The molecule has 11 heteroatoms. The Morgan fingerprint density at radius 1 is 0.947 bits per heavy atom. The molecule has 0 spiro atoms. The van der Waals surface area contributed by atoms with Gasteiger partial charge in [0.25, 0.3) is 5.69 Å². The van der Waals surface area contributed by atoms with Crippen LogP contribution in [0.5, 0.6) is 0 Å². The van der Waals surface area contributed by atoms with E-state index in [1.807, 2.05) is 30.3 Å². The maximum absolute atomic E-state index is 13.8. The number of hydrogen-bond acceptors (Lipinski definition) is 6. The number of amides is 3. The molecule has 3 aromatic carbocycles. The average Bonchev–Trinajstić information content (AvgIpc) is 3.38. The Morgan fingerprint density at radius 3 is 2.39 bits per heavy atom. The first-order valence-corrected chi connectivity index (χ1v) is 12.4. The molecule has 0 radical (unpaired) electrons. The van der Waals surface area contributed by atoms with E-state index in [0.717, 1.165) is 22.1 Å². The smallest absolute Gasteiger partial charge is 0.271 e. The number of nitro benzene ring substituents is 1. The van der Waals surface area contributed by atoms with E-state index < -0.39 is 46.6 Å². The van der Waals surface area contributed by atoms with Crippen molar-refractivity contribution in [2.75, 3.05) is 10.2 Å². The van der Waals surface area contributed by atoms with E-state index in [1.54, 1.807) is 35.4 Å². The van der Waals surface area contributed by atoms with Crippen molar-refractivity contribution in [2.24, 2.45) is 11.8 Å². The Kier molecular flexibility index (Phi) is 5.70. The monoisotopic (exact) mass is 548 g/mol. The lowest BCUT2D eigenvalue weighted by atomic mass is 9.84. The third kappa shape index (κ3) is 3.66. The van der Waals surface area contributed by atoms with E-state index in [9.17, 15) is 24.5 Å². The minimum atomic E-state index is -1.07. The van der Waals surface area contributed by atoms with Crippen LogP contribution >= 0.6 is 23.2 Å². The first kappa shape index (κ1) is 24.1. The van der Waals surface area contributed by atoms with Crippen LogP contribution in [0.1, 0.15) is 17.2 Å². The van der Waals surface area contributed by atoms with Crippen LogP contribution in [0.3, 0.4) is 0 Å². The van der Waals surface area contributed by atoms with E-state index in [2.05, 4.69) is 5.32 Å². The molecule has 0 aromatic heterocycles. The van der Waals surface area contributed by atoms with Gasteiger partial charge >= 0.3 is 0 Å². The molecule has 4 atom stereocenters. The molecular formula is C27H18Cl2N4O5. The topological polar surface area (TPSA) is 113 Å². The summed E-state index contributed by atoms with van der Waals surface area (Å²) in [6, 6.07) is 15.9. The number of halogens is 2. The van der Waals surface area contributed by atoms with Gasteiger partial charge in [0.05, 0.1) is 39.2 Å². The van der Waals surface area contributed by atoms with Crippen molar-refractivity contribution >= 4 is 64.1 Å². The van der Waals surface area contributed by atoms with E-state index in [1.165, 1.54) is 12.1 Å². The van der Waals surface area contributed by atoms with Crippen LogP contribution in [0.15, 0.2) is 72.9 Å². The first-order chi connectivity index (χ1) is 18.3. The number of hydrogen-bond donors (Lipinski definition) is 1. The molecule has 0 bridgehead atoms. The number of fused-ring (bicyclic) bond motifs is 5. The largest absolute Gasteiger partial charge is 0.357 e. The van der Waals surface area contributed by atoms with E-state index >= 15 is 0 Å². The summed E-state index contributed by atoms with van der Waals surface area (Å²) in [5.41, 5.74) is 1.87. The number of nitrogens with one attached hydrogen (secondary N) is 1. The highest BCUT2D eigenvalue weighted by molar-refractivity contribution is 6.34. The number of imide groups is 1. The van der Waals surface area contributed by atoms with Crippen LogP contribution in [0.25, 0.3) is 6.08 Å².